The first-order chi connectivity index (χ1) is 9.58. The average Bonchev–Trinajstić information content (AvgIpc) is 2.36. The van der Waals surface area contributed by atoms with Crippen LogP contribution in [0, 0.1) is 0 Å². The largest absolute Gasteiger partial charge is 0.418 e. The number of hydrogen-bond donors (Lipinski definition) is 2. The Morgan fingerprint density at radius 2 is 1.95 bits per heavy atom. The molecule has 1 aromatic carbocycles. The van der Waals surface area contributed by atoms with E-state index in [2.05, 4.69) is 5.32 Å². The molecule has 0 heterocycles. The summed E-state index contributed by atoms with van der Waals surface area (Å²) in [5.74, 6) is 0. The van der Waals surface area contributed by atoms with Gasteiger partial charge in [-0.15, -0.1) is 0 Å². The molecule has 0 aliphatic rings. The van der Waals surface area contributed by atoms with Crippen LogP contribution >= 0.6 is 11.6 Å². The molecule has 9 heteroatoms. The van der Waals surface area contributed by atoms with Crippen molar-refractivity contribution in [1.82, 2.24) is 5.32 Å². The SMILES string of the molecule is CCNCC(C)S(=O)(=O)Nc1ccc(Cl)cc1C(F)(F)F. The summed E-state index contributed by atoms with van der Waals surface area (Å²) < 4.78 is 64.7. The lowest BCUT2D eigenvalue weighted by molar-refractivity contribution is -0.136. The van der Waals surface area contributed by atoms with Crippen molar-refractivity contribution < 1.29 is 21.6 Å². The van der Waals surface area contributed by atoms with Gasteiger partial charge in [0.15, 0.2) is 0 Å². The molecule has 0 aromatic heterocycles. The van der Waals surface area contributed by atoms with Crippen LogP contribution in [0.5, 0.6) is 0 Å². The van der Waals surface area contributed by atoms with Crippen molar-refractivity contribution in [3.05, 3.63) is 28.8 Å². The van der Waals surface area contributed by atoms with E-state index in [1.54, 1.807) is 6.92 Å². The molecule has 2 N–H and O–H groups in total. The highest BCUT2D eigenvalue weighted by Crippen LogP contribution is 2.37. The van der Waals surface area contributed by atoms with Gasteiger partial charge in [-0.3, -0.25) is 4.72 Å². The van der Waals surface area contributed by atoms with Crippen molar-refractivity contribution in [2.24, 2.45) is 0 Å². The van der Waals surface area contributed by atoms with Gasteiger partial charge in [-0.1, -0.05) is 18.5 Å². The molecular formula is C12H16ClF3N2O2S. The second kappa shape index (κ2) is 6.85. The van der Waals surface area contributed by atoms with Crippen LogP contribution in [0.3, 0.4) is 0 Å². The van der Waals surface area contributed by atoms with Gasteiger partial charge in [0.2, 0.25) is 10.0 Å². The molecule has 0 fully saturated rings. The van der Waals surface area contributed by atoms with E-state index in [0.29, 0.717) is 12.6 Å². The molecule has 0 aliphatic carbocycles. The zero-order valence-corrected chi connectivity index (χ0v) is 13.0. The van der Waals surface area contributed by atoms with Gasteiger partial charge in [0.05, 0.1) is 16.5 Å². The molecule has 1 aromatic rings. The normalized spacial score (nSPS) is 14.0. The van der Waals surface area contributed by atoms with Crippen molar-refractivity contribution >= 4 is 27.3 Å². The van der Waals surface area contributed by atoms with Gasteiger partial charge in [-0.25, -0.2) is 8.42 Å². The van der Waals surface area contributed by atoms with Crippen LogP contribution in [0.25, 0.3) is 0 Å². The number of halogens is 4. The Hall–Kier alpha value is -0.990. The third-order valence-corrected chi connectivity index (χ3v) is 4.72. The highest BCUT2D eigenvalue weighted by Gasteiger charge is 2.35. The summed E-state index contributed by atoms with van der Waals surface area (Å²) in [4.78, 5) is 0. The Morgan fingerprint density at radius 1 is 1.33 bits per heavy atom. The maximum Gasteiger partial charge on any atom is 0.418 e. The van der Waals surface area contributed by atoms with E-state index in [4.69, 9.17) is 11.6 Å². The van der Waals surface area contributed by atoms with Gasteiger partial charge in [-0.05, 0) is 31.7 Å². The fourth-order valence-corrected chi connectivity index (χ4v) is 2.75. The number of nitrogens with one attached hydrogen (secondary N) is 2. The van der Waals surface area contributed by atoms with E-state index in [0.717, 1.165) is 6.07 Å². The summed E-state index contributed by atoms with van der Waals surface area (Å²) in [6.07, 6.45) is -4.70. The van der Waals surface area contributed by atoms with E-state index < -0.39 is 32.7 Å². The second-order valence-electron chi connectivity index (χ2n) is 4.45. The van der Waals surface area contributed by atoms with Gasteiger partial charge >= 0.3 is 6.18 Å². The smallest absolute Gasteiger partial charge is 0.316 e. The maximum absolute atomic E-state index is 12.9. The number of hydrogen-bond acceptors (Lipinski definition) is 3. The number of anilines is 1. The summed E-state index contributed by atoms with van der Waals surface area (Å²) in [6.45, 7) is 3.91. The molecule has 120 valence electrons. The Kier molecular flexibility index (Phi) is 5.89. The number of benzene rings is 1. The predicted molar refractivity (Wildman–Crippen MR) is 77.0 cm³/mol. The van der Waals surface area contributed by atoms with Crippen molar-refractivity contribution in [3.63, 3.8) is 0 Å². The molecule has 0 aliphatic heterocycles. The number of sulfonamides is 1. The highest BCUT2D eigenvalue weighted by atomic mass is 35.5. The lowest BCUT2D eigenvalue weighted by Crippen LogP contribution is -2.35. The van der Waals surface area contributed by atoms with Crippen LogP contribution in [0.1, 0.15) is 19.4 Å². The minimum absolute atomic E-state index is 0.119. The summed E-state index contributed by atoms with van der Waals surface area (Å²) in [5, 5.41) is 1.83. The van der Waals surface area contributed by atoms with Gasteiger partial charge in [0.25, 0.3) is 0 Å². The van der Waals surface area contributed by atoms with Crippen LogP contribution < -0.4 is 10.0 Å². The zero-order chi connectivity index (χ0) is 16.3. The first-order valence-electron chi connectivity index (χ1n) is 6.17. The summed E-state index contributed by atoms with van der Waals surface area (Å²) in [5.41, 5.74) is -1.65. The Bertz CT molecular complexity index is 591. The van der Waals surface area contributed by atoms with E-state index in [-0.39, 0.29) is 11.6 Å². The zero-order valence-electron chi connectivity index (χ0n) is 11.5. The molecule has 1 rings (SSSR count). The number of alkyl halides is 3. The highest BCUT2D eigenvalue weighted by molar-refractivity contribution is 7.93. The average molecular weight is 345 g/mol. The third-order valence-electron chi connectivity index (χ3n) is 2.75. The van der Waals surface area contributed by atoms with E-state index in [1.165, 1.54) is 13.0 Å². The molecule has 21 heavy (non-hydrogen) atoms. The molecule has 1 atom stereocenters. The minimum Gasteiger partial charge on any atom is -0.316 e. The van der Waals surface area contributed by atoms with E-state index in [9.17, 15) is 21.6 Å². The third kappa shape index (κ3) is 5.05. The van der Waals surface area contributed by atoms with Crippen molar-refractivity contribution in [2.75, 3.05) is 17.8 Å². The van der Waals surface area contributed by atoms with Crippen LogP contribution in [-0.2, 0) is 16.2 Å². The Balaban J connectivity index is 3.08. The standard InChI is InChI=1S/C12H16ClF3N2O2S/c1-3-17-7-8(2)21(19,20)18-11-5-4-9(13)6-10(11)12(14,15)16/h4-6,8,17-18H,3,7H2,1-2H3. The first kappa shape index (κ1) is 18.1. The van der Waals surface area contributed by atoms with Gasteiger partial charge < -0.3 is 5.32 Å². The molecular weight excluding hydrogens is 329 g/mol. The topological polar surface area (TPSA) is 58.2 Å². The van der Waals surface area contributed by atoms with Crippen molar-refractivity contribution in [1.29, 1.82) is 0 Å². The Labute approximate surface area is 126 Å². The summed E-state index contributed by atoms with van der Waals surface area (Å²) in [7, 11) is -3.94. The summed E-state index contributed by atoms with van der Waals surface area (Å²) >= 11 is 5.54. The molecule has 0 bridgehead atoms. The van der Waals surface area contributed by atoms with Crippen LogP contribution in [0.2, 0.25) is 5.02 Å². The predicted octanol–water partition coefficient (Wildman–Crippen LogP) is 3.10. The summed E-state index contributed by atoms with van der Waals surface area (Å²) in [6, 6.07) is 2.89. The molecule has 1 unspecified atom stereocenters. The quantitative estimate of drug-likeness (QED) is 0.833. The molecule has 0 spiro atoms. The van der Waals surface area contributed by atoms with Crippen molar-refractivity contribution in [2.45, 2.75) is 25.3 Å². The lowest BCUT2D eigenvalue weighted by Gasteiger charge is -2.18. The number of rotatable bonds is 6. The van der Waals surface area contributed by atoms with Crippen LogP contribution in [0.4, 0.5) is 18.9 Å². The molecule has 0 amide bonds. The lowest BCUT2D eigenvalue weighted by atomic mass is 10.2. The fraction of sp³-hybridized carbons (Fsp3) is 0.500. The molecule has 0 saturated heterocycles. The van der Waals surface area contributed by atoms with E-state index >= 15 is 0 Å². The monoisotopic (exact) mass is 344 g/mol. The maximum atomic E-state index is 12.9. The van der Waals surface area contributed by atoms with Gasteiger partial charge in [-0.2, -0.15) is 13.2 Å². The van der Waals surface area contributed by atoms with Crippen LogP contribution in [-0.4, -0.2) is 26.8 Å². The van der Waals surface area contributed by atoms with Gasteiger partial charge in [0, 0.05) is 11.6 Å². The van der Waals surface area contributed by atoms with E-state index in [1.807, 2.05) is 4.72 Å². The van der Waals surface area contributed by atoms with Crippen molar-refractivity contribution in [3.8, 4) is 0 Å². The molecule has 0 saturated carbocycles. The first-order valence-corrected chi connectivity index (χ1v) is 8.09. The molecule has 4 nitrogen and oxygen atoms in total. The van der Waals surface area contributed by atoms with Crippen LogP contribution in [0.15, 0.2) is 18.2 Å². The minimum atomic E-state index is -4.70. The molecule has 0 radical (unpaired) electrons. The van der Waals surface area contributed by atoms with Gasteiger partial charge in [0.1, 0.15) is 0 Å². The Morgan fingerprint density at radius 3 is 2.48 bits per heavy atom. The second-order valence-corrected chi connectivity index (χ2v) is 6.99. The fourth-order valence-electron chi connectivity index (χ4n) is 1.55.